The van der Waals surface area contributed by atoms with E-state index >= 15 is 0 Å². The number of hydrogen-bond donors (Lipinski definition) is 2. The molecule has 328 valence electrons. The average molecular weight is 908 g/mol. The summed E-state index contributed by atoms with van der Waals surface area (Å²) in [5.41, 5.74) is 4.74. The van der Waals surface area contributed by atoms with Crippen molar-refractivity contribution in [1.82, 2.24) is 19.8 Å². The van der Waals surface area contributed by atoms with Gasteiger partial charge in [-0.05, 0) is 99.0 Å². The van der Waals surface area contributed by atoms with E-state index in [9.17, 15) is 23.3 Å². The van der Waals surface area contributed by atoms with Crippen molar-refractivity contribution < 1.29 is 18.1 Å². The average Bonchev–Trinajstić information content (AvgIpc) is 3.26. The first-order valence-corrected chi connectivity index (χ1v) is 23.7. The Labute approximate surface area is 378 Å². The molecule has 6 aromatic rings. The molecule has 0 spiro atoms. The second kappa shape index (κ2) is 20.2. The number of aromatic nitrogens is 2. The van der Waals surface area contributed by atoms with Crippen LogP contribution in [-0.2, 0) is 21.4 Å². The molecule has 0 saturated carbocycles. The van der Waals surface area contributed by atoms with Crippen LogP contribution in [0, 0.1) is 10.1 Å². The highest BCUT2D eigenvalue weighted by molar-refractivity contribution is 7.99. The van der Waals surface area contributed by atoms with Gasteiger partial charge in [0.1, 0.15) is 12.0 Å². The molecule has 0 aliphatic carbocycles. The number of fused-ring (bicyclic) bond motifs is 1. The van der Waals surface area contributed by atoms with Crippen LogP contribution in [-0.4, -0.2) is 89.1 Å². The highest BCUT2D eigenvalue weighted by Gasteiger charge is 2.28. The summed E-state index contributed by atoms with van der Waals surface area (Å²) in [6.45, 7) is 11.9. The summed E-state index contributed by atoms with van der Waals surface area (Å²) >= 11 is 7.67. The number of piperazine rings is 1. The number of nitro benzene ring substituents is 1. The molecule has 63 heavy (non-hydrogen) atoms. The van der Waals surface area contributed by atoms with Crippen LogP contribution in [0.1, 0.15) is 39.7 Å². The molecule has 16 heteroatoms. The van der Waals surface area contributed by atoms with E-state index in [4.69, 9.17) is 11.6 Å². The van der Waals surface area contributed by atoms with E-state index in [2.05, 4.69) is 54.1 Å². The molecular weight excluding hydrogens is 856 g/mol. The Morgan fingerprint density at radius 2 is 1.57 bits per heavy atom. The number of hydrogen-bond acceptors (Lipinski definition) is 11. The Morgan fingerprint density at radius 3 is 2.27 bits per heavy atom. The SMILES string of the molecule is CC(C)N(C(=O)CC(CSc1ccccc1)Nc1ccc(S(=O)(=O)Nc2ncnc3cc(N4CCN(Cc5ccccc5-c5ccc(Cl)cc5)CC4)ccc23)cc1[N+](=O)[O-])C(C)C. The molecule has 1 aromatic heterocycles. The zero-order chi connectivity index (χ0) is 44.7. The molecule has 1 atom stereocenters. The van der Waals surface area contributed by atoms with Crippen LogP contribution in [0.5, 0.6) is 0 Å². The molecule has 2 heterocycles. The first-order chi connectivity index (χ1) is 30.3. The van der Waals surface area contributed by atoms with Gasteiger partial charge in [0, 0.05) is 90.1 Å². The number of halogens is 1. The lowest BCUT2D eigenvalue weighted by molar-refractivity contribution is -0.384. The van der Waals surface area contributed by atoms with Crippen LogP contribution in [0.4, 0.5) is 22.9 Å². The number of rotatable bonds is 17. The number of nitrogens with one attached hydrogen (secondary N) is 2. The van der Waals surface area contributed by atoms with E-state index in [1.54, 1.807) is 11.0 Å². The maximum atomic E-state index is 13.9. The molecule has 5 aromatic carbocycles. The third-order valence-corrected chi connectivity index (χ3v) is 13.8. The van der Waals surface area contributed by atoms with Gasteiger partial charge in [-0.15, -0.1) is 11.8 Å². The molecular formula is C47H51ClN8O5S2. The number of amides is 1. The van der Waals surface area contributed by atoms with Gasteiger partial charge in [-0.2, -0.15) is 0 Å². The molecule has 1 aliphatic rings. The van der Waals surface area contributed by atoms with Crippen LogP contribution >= 0.6 is 23.4 Å². The van der Waals surface area contributed by atoms with E-state index < -0.39 is 26.7 Å². The molecule has 1 fully saturated rings. The van der Waals surface area contributed by atoms with Gasteiger partial charge in [-0.1, -0.05) is 66.2 Å². The number of anilines is 3. The Hall–Kier alpha value is -5.74. The van der Waals surface area contributed by atoms with E-state index in [1.807, 2.05) is 94.4 Å². The molecule has 2 N–H and O–H groups in total. The minimum atomic E-state index is -4.35. The zero-order valence-corrected chi connectivity index (χ0v) is 38.0. The van der Waals surface area contributed by atoms with Gasteiger partial charge in [0.15, 0.2) is 5.82 Å². The Balaban J connectivity index is 1.04. The fourth-order valence-corrected chi connectivity index (χ4v) is 10.1. The van der Waals surface area contributed by atoms with Crippen LogP contribution in [0.15, 0.2) is 131 Å². The second-order valence-electron chi connectivity index (χ2n) is 16.1. The summed E-state index contributed by atoms with van der Waals surface area (Å²) in [4.78, 5) is 41.3. The maximum Gasteiger partial charge on any atom is 0.293 e. The van der Waals surface area contributed by atoms with E-state index in [1.165, 1.54) is 41.3 Å². The molecule has 13 nitrogen and oxygen atoms in total. The molecule has 0 radical (unpaired) electrons. The van der Waals surface area contributed by atoms with Crippen molar-refractivity contribution in [2.45, 2.75) is 68.6 Å². The van der Waals surface area contributed by atoms with Gasteiger partial charge in [-0.25, -0.2) is 18.4 Å². The summed E-state index contributed by atoms with van der Waals surface area (Å²) < 4.78 is 30.3. The Morgan fingerprint density at radius 1 is 0.873 bits per heavy atom. The van der Waals surface area contributed by atoms with Crippen LogP contribution in [0.25, 0.3) is 22.0 Å². The first-order valence-electron chi connectivity index (χ1n) is 20.9. The summed E-state index contributed by atoms with van der Waals surface area (Å²) in [7, 11) is -4.35. The molecule has 1 aliphatic heterocycles. The van der Waals surface area contributed by atoms with Gasteiger partial charge in [-0.3, -0.25) is 24.5 Å². The van der Waals surface area contributed by atoms with Crippen molar-refractivity contribution in [2.24, 2.45) is 0 Å². The lowest BCUT2D eigenvalue weighted by Crippen LogP contribution is -2.46. The van der Waals surface area contributed by atoms with Crippen molar-refractivity contribution in [3.63, 3.8) is 0 Å². The number of thioether (sulfide) groups is 1. The van der Waals surface area contributed by atoms with Gasteiger partial charge in [0.05, 0.1) is 15.3 Å². The summed E-state index contributed by atoms with van der Waals surface area (Å²) in [6, 6.07) is 34.8. The van der Waals surface area contributed by atoms with Crippen molar-refractivity contribution in [3.8, 4) is 11.1 Å². The number of sulfonamides is 1. The van der Waals surface area contributed by atoms with Gasteiger partial charge < -0.3 is 15.1 Å². The number of nitrogens with zero attached hydrogens (tertiary/aromatic N) is 6. The van der Waals surface area contributed by atoms with Crippen molar-refractivity contribution in [1.29, 1.82) is 0 Å². The predicted octanol–water partition coefficient (Wildman–Crippen LogP) is 9.59. The van der Waals surface area contributed by atoms with Crippen LogP contribution < -0.4 is 14.9 Å². The molecule has 7 rings (SSSR count). The lowest BCUT2D eigenvalue weighted by Gasteiger charge is -2.36. The van der Waals surface area contributed by atoms with Crippen LogP contribution in [0.3, 0.4) is 0 Å². The minimum Gasteiger partial charge on any atom is -0.375 e. The molecule has 1 saturated heterocycles. The van der Waals surface area contributed by atoms with E-state index in [-0.39, 0.29) is 40.8 Å². The normalized spacial score (nSPS) is 13.9. The first kappa shape index (κ1) is 45.3. The Kier molecular flexibility index (Phi) is 14.5. The highest BCUT2D eigenvalue weighted by atomic mass is 35.5. The third kappa shape index (κ3) is 11.3. The summed E-state index contributed by atoms with van der Waals surface area (Å²) in [6.07, 6.45) is 1.37. The maximum absolute atomic E-state index is 13.9. The second-order valence-corrected chi connectivity index (χ2v) is 19.3. The monoisotopic (exact) mass is 906 g/mol. The largest absolute Gasteiger partial charge is 0.375 e. The summed E-state index contributed by atoms with van der Waals surface area (Å²) in [5.74, 6) is 0.391. The van der Waals surface area contributed by atoms with E-state index in [0.717, 1.165) is 54.9 Å². The third-order valence-electron chi connectivity index (χ3n) is 11.0. The standard InChI is InChI=1S/C47H51ClN8O5S2/c1-32(2)55(33(3)4)46(57)26-37(30-62-39-11-6-5-7-12-39)51-43-21-19-40(28-45(43)56(58)59)63(60,61)52-47-42-20-18-38(27-44(42)49-31-50-47)54-24-22-53(23-25-54)29-35-10-8-9-13-41(35)34-14-16-36(48)17-15-34/h5-21,27-28,31-33,37,51H,22-26,29-30H2,1-4H3,(H,49,50,52). The van der Waals surface area contributed by atoms with Crippen molar-refractivity contribution in [2.75, 3.05) is 46.9 Å². The minimum absolute atomic E-state index is 0.0382. The fourth-order valence-electron chi connectivity index (χ4n) is 8.01. The Bertz CT molecular complexity index is 2660. The topological polar surface area (TPSA) is 154 Å². The van der Waals surface area contributed by atoms with Gasteiger partial charge >= 0.3 is 0 Å². The zero-order valence-electron chi connectivity index (χ0n) is 35.6. The summed E-state index contributed by atoms with van der Waals surface area (Å²) in [5, 5.41) is 16.9. The number of benzene rings is 5. The number of carbonyl (C=O) groups is 1. The van der Waals surface area contributed by atoms with Crippen molar-refractivity contribution >= 4 is 73.1 Å². The fraction of sp³-hybridized carbons (Fsp3) is 0.298. The van der Waals surface area contributed by atoms with Crippen molar-refractivity contribution in [3.05, 3.63) is 142 Å². The number of carbonyl (C=O) groups excluding carboxylic acids is 1. The van der Waals surface area contributed by atoms with E-state index in [0.29, 0.717) is 21.7 Å². The highest BCUT2D eigenvalue weighted by Crippen LogP contribution is 2.33. The lowest BCUT2D eigenvalue weighted by atomic mass is 9.99. The van der Waals surface area contributed by atoms with Gasteiger partial charge in [0.25, 0.3) is 15.7 Å². The smallest absolute Gasteiger partial charge is 0.293 e. The van der Waals surface area contributed by atoms with Crippen LogP contribution in [0.2, 0.25) is 5.02 Å². The molecule has 1 amide bonds. The quantitative estimate of drug-likeness (QED) is 0.0511. The molecule has 1 unspecified atom stereocenters. The number of nitro groups is 1. The molecule has 0 bridgehead atoms. The van der Waals surface area contributed by atoms with Gasteiger partial charge in [0.2, 0.25) is 5.91 Å². The predicted molar refractivity (Wildman–Crippen MR) is 254 cm³/mol.